The Morgan fingerprint density at radius 1 is 1.00 bits per heavy atom. The van der Waals surface area contributed by atoms with Crippen LogP contribution in [0.1, 0.15) is 37.8 Å². The summed E-state index contributed by atoms with van der Waals surface area (Å²) >= 11 is 0. The van der Waals surface area contributed by atoms with E-state index in [4.69, 9.17) is 4.98 Å². The summed E-state index contributed by atoms with van der Waals surface area (Å²) in [4.78, 5) is 24.7. The minimum Gasteiger partial charge on any atom is -0.307 e. The Labute approximate surface area is 155 Å². The molecule has 0 atom stereocenters. The zero-order valence-corrected chi connectivity index (χ0v) is 15.4. The number of aromatic nitrogens is 2. The maximum Gasteiger partial charge on any atom is 0.251 e. The molecular weight excluding hydrogens is 324 g/mol. The molecule has 138 valence electrons. The number of H-pyrrole nitrogens is 1. The molecule has 1 saturated carbocycles. The first-order valence-electron chi connectivity index (χ1n) is 9.90. The van der Waals surface area contributed by atoms with Crippen LogP contribution in [0.4, 0.5) is 0 Å². The zero-order valence-electron chi connectivity index (χ0n) is 15.4. The fraction of sp³-hybridized carbons (Fsp3) is 0.524. The summed E-state index contributed by atoms with van der Waals surface area (Å²) in [5, 5.41) is 0. The lowest BCUT2D eigenvalue weighted by molar-refractivity contribution is 0.0749. The second-order valence-corrected chi connectivity index (χ2v) is 7.56. The minimum absolute atomic E-state index is 0.0744. The molecule has 0 bridgehead atoms. The van der Waals surface area contributed by atoms with Crippen LogP contribution in [0.3, 0.4) is 0 Å². The molecular formula is C21H28N4O. The Morgan fingerprint density at radius 3 is 2.46 bits per heavy atom. The molecule has 4 rings (SSSR count). The summed E-state index contributed by atoms with van der Waals surface area (Å²) in [5.74, 6) is 0.661. The van der Waals surface area contributed by atoms with Crippen LogP contribution < -0.4 is 5.56 Å². The average molecular weight is 352 g/mol. The molecule has 5 nitrogen and oxygen atoms in total. The van der Waals surface area contributed by atoms with Gasteiger partial charge in [0.25, 0.3) is 5.56 Å². The van der Waals surface area contributed by atoms with Crippen LogP contribution in [0, 0.1) is 0 Å². The van der Waals surface area contributed by atoms with Crippen molar-refractivity contribution >= 4 is 0 Å². The quantitative estimate of drug-likeness (QED) is 0.919. The first-order valence-corrected chi connectivity index (χ1v) is 9.90. The van der Waals surface area contributed by atoms with E-state index in [9.17, 15) is 4.79 Å². The summed E-state index contributed by atoms with van der Waals surface area (Å²) in [7, 11) is 0. The smallest absolute Gasteiger partial charge is 0.251 e. The normalized spacial score (nSPS) is 20.3. The lowest BCUT2D eigenvalue weighted by atomic mass is 9.94. The van der Waals surface area contributed by atoms with Gasteiger partial charge in [0, 0.05) is 50.4 Å². The van der Waals surface area contributed by atoms with Gasteiger partial charge in [0.15, 0.2) is 0 Å². The molecule has 1 aliphatic heterocycles. The fourth-order valence-electron chi connectivity index (χ4n) is 4.28. The Hall–Kier alpha value is -1.98. The van der Waals surface area contributed by atoms with Gasteiger partial charge in [0.2, 0.25) is 0 Å². The van der Waals surface area contributed by atoms with E-state index in [-0.39, 0.29) is 5.56 Å². The summed E-state index contributed by atoms with van der Waals surface area (Å²) in [5.41, 5.74) is 1.74. The molecule has 1 aromatic heterocycles. The molecule has 1 aliphatic carbocycles. The molecule has 26 heavy (non-hydrogen) atoms. The van der Waals surface area contributed by atoms with Crippen molar-refractivity contribution in [3.8, 4) is 11.4 Å². The number of benzene rings is 1. The van der Waals surface area contributed by atoms with Crippen LogP contribution in [0.15, 0.2) is 41.2 Å². The van der Waals surface area contributed by atoms with Gasteiger partial charge in [0.1, 0.15) is 5.82 Å². The number of aromatic amines is 1. The van der Waals surface area contributed by atoms with Crippen molar-refractivity contribution in [2.24, 2.45) is 0 Å². The van der Waals surface area contributed by atoms with Crippen LogP contribution in [0.25, 0.3) is 11.4 Å². The van der Waals surface area contributed by atoms with Crippen molar-refractivity contribution in [3.05, 3.63) is 52.4 Å². The van der Waals surface area contributed by atoms with E-state index in [0.717, 1.165) is 50.0 Å². The van der Waals surface area contributed by atoms with Gasteiger partial charge in [-0.3, -0.25) is 14.6 Å². The maximum absolute atomic E-state index is 12.1. The number of nitrogens with zero attached hydrogens (tertiary/aromatic N) is 3. The SMILES string of the molecule is O=c1cc(CN2CCN(C3CCCCC3)CC2)nc(-c2ccccc2)[nH]1. The second-order valence-electron chi connectivity index (χ2n) is 7.56. The van der Waals surface area contributed by atoms with Crippen molar-refractivity contribution in [2.45, 2.75) is 44.7 Å². The van der Waals surface area contributed by atoms with Crippen LogP contribution >= 0.6 is 0 Å². The number of hydrogen-bond donors (Lipinski definition) is 1. The molecule has 1 N–H and O–H groups in total. The van der Waals surface area contributed by atoms with E-state index in [0.29, 0.717) is 5.82 Å². The van der Waals surface area contributed by atoms with Crippen molar-refractivity contribution in [1.29, 1.82) is 0 Å². The number of hydrogen-bond acceptors (Lipinski definition) is 4. The molecule has 1 aromatic carbocycles. The lowest BCUT2D eigenvalue weighted by Crippen LogP contribution is -2.50. The van der Waals surface area contributed by atoms with Crippen LogP contribution in [-0.4, -0.2) is 52.0 Å². The van der Waals surface area contributed by atoms with E-state index in [2.05, 4.69) is 14.8 Å². The molecule has 2 heterocycles. The molecule has 2 fully saturated rings. The highest BCUT2D eigenvalue weighted by Gasteiger charge is 2.25. The standard InChI is InChI=1S/C21H28N4O/c26-20-15-18(22-21(23-20)17-7-3-1-4-8-17)16-24-11-13-25(14-12-24)19-9-5-2-6-10-19/h1,3-4,7-8,15,19H,2,5-6,9-14,16H2,(H,22,23,26). The maximum atomic E-state index is 12.1. The van der Waals surface area contributed by atoms with Crippen LogP contribution in [0.5, 0.6) is 0 Å². The van der Waals surface area contributed by atoms with Gasteiger partial charge in [-0.25, -0.2) is 4.98 Å². The average Bonchev–Trinajstić information content (AvgIpc) is 2.69. The van der Waals surface area contributed by atoms with Crippen molar-refractivity contribution < 1.29 is 0 Å². The molecule has 0 spiro atoms. The predicted octanol–water partition coefficient (Wildman–Crippen LogP) is 2.89. The van der Waals surface area contributed by atoms with Crippen LogP contribution in [0.2, 0.25) is 0 Å². The summed E-state index contributed by atoms with van der Waals surface area (Å²) in [6.07, 6.45) is 6.94. The van der Waals surface area contributed by atoms with E-state index in [1.807, 2.05) is 30.3 Å². The first-order chi connectivity index (χ1) is 12.8. The minimum atomic E-state index is -0.0744. The van der Waals surface area contributed by atoms with E-state index >= 15 is 0 Å². The summed E-state index contributed by atoms with van der Waals surface area (Å²) < 4.78 is 0. The third-order valence-electron chi connectivity index (χ3n) is 5.73. The zero-order chi connectivity index (χ0) is 17.8. The van der Waals surface area contributed by atoms with Crippen molar-refractivity contribution in [3.63, 3.8) is 0 Å². The molecule has 0 unspecified atom stereocenters. The Kier molecular flexibility index (Phi) is 5.46. The molecule has 2 aromatic rings. The number of nitrogens with one attached hydrogen (secondary N) is 1. The molecule has 0 radical (unpaired) electrons. The summed E-state index contributed by atoms with van der Waals surface area (Å²) in [6.45, 7) is 5.15. The van der Waals surface area contributed by atoms with E-state index in [1.54, 1.807) is 6.07 Å². The monoisotopic (exact) mass is 352 g/mol. The largest absolute Gasteiger partial charge is 0.307 e. The number of rotatable bonds is 4. The molecule has 0 amide bonds. The van der Waals surface area contributed by atoms with E-state index in [1.165, 1.54) is 32.1 Å². The van der Waals surface area contributed by atoms with Gasteiger partial charge in [-0.05, 0) is 12.8 Å². The second kappa shape index (κ2) is 8.14. The van der Waals surface area contributed by atoms with Crippen molar-refractivity contribution in [2.75, 3.05) is 26.2 Å². The van der Waals surface area contributed by atoms with Gasteiger partial charge < -0.3 is 4.98 Å². The topological polar surface area (TPSA) is 52.2 Å². The highest BCUT2D eigenvalue weighted by molar-refractivity contribution is 5.54. The number of piperazine rings is 1. The third-order valence-corrected chi connectivity index (χ3v) is 5.73. The van der Waals surface area contributed by atoms with Gasteiger partial charge in [-0.1, -0.05) is 49.6 Å². The Bertz CT molecular complexity index is 759. The molecule has 1 saturated heterocycles. The van der Waals surface area contributed by atoms with Gasteiger partial charge >= 0.3 is 0 Å². The molecule has 2 aliphatic rings. The Balaban J connectivity index is 1.39. The van der Waals surface area contributed by atoms with Crippen LogP contribution in [-0.2, 0) is 6.54 Å². The predicted molar refractivity (Wildman–Crippen MR) is 104 cm³/mol. The van der Waals surface area contributed by atoms with Gasteiger partial charge in [0.05, 0.1) is 5.69 Å². The van der Waals surface area contributed by atoms with Crippen molar-refractivity contribution in [1.82, 2.24) is 19.8 Å². The lowest BCUT2D eigenvalue weighted by Gasteiger charge is -2.40. The summed E-state index contributed by atoms with van der Waals surface area (Å²) in [6, 6.07) is 12.3. The molecule has 5 heteroatoms. The highest BCUT2D eigenvalue weighted by atomic mass is 16.1. The highest BCUT2D eigenvalue weighted by Crippen LogP contribution is 2.23. The first kappa shape index (κ1) is 17.4. The van der Waals surface area contributed by atoms with Gasteiger partial charge in [-0.2, -0.15) is 0 Å². The fourth-order valence-corrected chi connectivity index (χ4v) is 4.28. The Morgan fingerprint density at radius 2 is 1.73 bits per heavy atom. The third kappa shape index (κ3) is 4.22. The van der Waals surface area contributed by atoms with Gasteiger partial charge in [-0.15, -0.1) is 0 Å². The van der Waals surface area contributed by atoms with E-state index < -0.39 is 0 Å².